The summed E-state index contributed by atoms with van der Waals surface area (Å²) in [6, 6.07) is 3.72. The van der Waals surface area contributed by atoms with E-state index in [1.165, 1.54) is 18.2 Å². The van der Waals surface area contributed by atoms with Crippen LogP contribution >= 0.6 is 0 Å². The fourth-order valence-corrected chi connectivity index (χ4v) is 2.48. The summed E-state index contributed by atoms with van der Waals surface area (Å²) in [6.45, 7) is 3.37. The molecule has 0 saturated carbocycles. The summed E-state index contributed by atoms with van der Waals surface area (Å²) < 4.78 is 26.7. The first-order valence-corrected chi connectivity index (χ1v) is 6.08. The minimum atomic E-state index is -0.356. The lowest BCUT2D eigenvalue weighted by molar-refractivity contribution is 0.216. The Labute approximate surface area is 100 Å². The van der Waals surface area contributed by atoms with Crippen LogP contribution in [0.15, 0.2) is 18.2 Å². The molecule has 2 N–H and O–H groups in total. The molecule has 1 aromatic rings. The minimum Gasteiger partial charge on any atom is -0.329 e. The van der Waals surface area contributed by atoms with Gasteiger partial charge in [-0.25, -0.2) is 8.78 Å². The molecule has 0 radical (unpaired) electrons. The van der Waals surface area contributed by atoms with Gasteiger partial charge in [-0.05, 0) is 55.6 Å². The molecule has 1 fully saturated rings. The third-order valence-electron chi connectivity index (χ3n) is 3.43. The fourth-order valence-electron chi connectivity index (χ4n) is 2.48. The van der Waals surface area contributed by atoms with Gasteiger partial charge in [0.15, 0.2) is 0 Å². The molecule has 1 saturated heterocycles. The van der Waals surface area contributed by atoms with Crippen molar-refractivity contribution in [2.45, 2.75) is 18.8 Å². The summed E-state index contributed by atoms with van der Waals surface area (Å²) in [5, 5.41) is 0. The van der Waals surface area contributed by atoms with Gasteiger partial charge in [-0.1, -0.05) is 0 Å². The normalized spacial score (nSPS) is 18.5. The second-order valence-electron chi connectivity index (χ2n) is 4.57. The number of nitrogens with two attached hydrogens (primary N) is 1. The van der Waals surface area contributed by atoms with Gasteiger partial charge in [0.1, 0.15) is 11.6 Å². The van der Waals surface area contributed by atoms with Crippen molar-refractivity contribution in [1.82, 2.24) is 4.90 Å². The van der Waals surface area contributed by atoms with Gasteiger partial charge in [-0.3, -0.25) is 0 Å². The fraction of sp³-hybridized carbons (Fsp3) is 0.538. The van der Waals surface area contributed by atoms with Crippen LogP contribution < -0.4 is 5.73 Å². The van der Waals surface area contributed by atoms with Crippen molar-refractivity contribution >= 4 is 0 Å². The van der Waals surface area contributed by atoms with Crippen LogP contribution in [0.5, 0.6) is 0 Å². The van der Waals surface area contributed by atoms with E-state index >= 15 is 0 Å². The number of piperidine rings is 1. The predicted molar refractivity (Wildman–Crippen MR) is 63.8 cm³/mol. The van der Waals surface area contributed by atoms with E-state index in [1.54, 1.807) is 0 Å². The lowest BCUT2D eigenvalue weighted by atomic mass is 9.89. The average Bonchev–Trinajstić information content (AvgIpc) is 2.34. The molecule has 1 aliphatic heterocycles. The maximum absolute atomic E-state index is 13.6. The Morgan fingerprint density at radius 1 is 1.24 bits per heavy atom. The third-order valence-corrected chi connectivity index (χ3v) is 3.43. The van der Waals surface area contributed by atoms with Crippen LogP contribution in [0.1, 0.15) is 24.3 Å². The van der Waals surface area contributed by atoms with Crippen molar-refractivity contribution in [3.8, 4) is 0 Å². The van der Waals surface area contributed by atoms with Gasteiger partial charge in [0.2, 0.25) is 0 Å². The molecule has 1 heterocycles. The van der Waals surface area contributed by atoms with Crippen LogP contribution in [-0.2, 0) is 0 Å². The monoisotopic (exact) mass is 240 g/mol. The van der Waals surface area contributed by atoms with Crippen LogP contribution in [0.4, 0.5) is 8.78 Å². The zero-order valence-corrected chi connectivity index (χ0v) is 9.83. The number of nitrogens with zero attached hydrogens (tertiary/aromatic N) is 1. The maximum Gasteiger partial charge on any atom is 0.126 e. The second kappa shape index (κ2) is 5.56. The molecule has 0 atom stereocenters. The van der Waals surface area contributed by atoms with Gasteiger partial charge in [-0.15, -0.1) is 0 Å². The van der Waals surface area contributed by atoms with Crippen molar-refractivity contribution in [1.29, 1.82) is 0 Å². The SMILES string of the molecule is NCCN1CCC(c2cc(F)ccc2F)CC1. The number of halogens is 2. The standard InChI is InChI=1S/C13H18F2N2/c14-11-1-2-13(15)12(9-11)10-3-6-17(7-4-10)8-5-16/h1-2,9-10H,3-8,16H2. The van der Waals surface area contributed by atoms with Crippen LogP contribution in [0, 0.1) is 11.6 Å². The summed E-state index contributed by atoms with van der Waals surface area (Å²) in [5.74, 6) is -0.505. The molecule has 4 heteroatoms. The van der Waals surface area contributed by atoms with E-state index in [1.807, 2.05) is 0 Å². The molecular weight excluding hydrogens is 222 g/mol. The lowest BCUT2D eigenvalue weighted by Gasteiger charge is -2.31. The number of benzene rings is 1. The van der Waals surface area contributed by atoms with Gasteiger partial charge in [0.25, 0.3) is 0 Å². The highest BCUT2D eigenvalue weighted by Gasteiger charge is 2.22. The summed E-state index contributed by atoms with van der Waals surface area (Å²) in [5.41, 5.74) is 6.02. The van der Waals surface area contributed by atoms with Crippen LogP contribution in [0.2, 0.25) is 0 Å². The quantitative estimate of drug-likeness (QED) is 0.876. The van der Waals surface area contributed by atoms with Gasteiger partial charge in [-0.2, -0.15) is 0 Å². The Morgan fingerprint density at radius 2 is 1.94 bits per heavy atom. The van der Waals surface area contributed by atoms with Crippen LogP contribution in [-0.4, -0.2) is 31.1 Å². The first kappa shape index (κ1) is 12.5. The topological polar surface area (TPSA) is 29.3 Å². The molecule has 0 aliphatic carbocycles. The molecule has 17 heavy (non-hydrogen) atoms. The molecule has 1 aromatic carbocycles. The first-order chi connectivity index (χ1) is 8.20. The molecule has 2 nitrogen and oxygen atoms in total. The average molecular weight is 240 g/mol. The second-order valence-corrected chi connectivity index (χ2v) is 4.57. The van der Waals surface area contributed by atoms with E-state index in [4.69, 9.17) is 5.73 Å². The van der Waals surface area contributed by atoms with Gasteiger partial charge < -0.3 is 10.6 Å². The van der Waals surface area contributed by atoms with E-state index in [0.717, 1.165) is 32.5 Å². The molecule has 0 unspecified atom stereocenters. The van der Waals surface area contributed by atoms with E-state index in [-0.39, 0.29) is 17.6 Å². The third kappa shape index (κ3) is 3.01. The van der Waals surface area contributed by atoms with E-state index in [2.05, 4.69) is 4.90 Å². The molecule has 2 rings (SSSR count). The Bertz CT molecular complexity index is 374. The molecule has 0 aromatic heterocycles. The number of hydrogen-bond acceptors (Lipinski definition) is 2. The van der Waals surface area contributed by atoms with Gasteiger partial charge >= 0.3 is 0 Å². The Hall–Kier alpha value is -1.00. The largest absolute Gasteiger partial charge is 0.329 e. The zero-order valence-electron chi connectivity index (χ0n) is 9.83. The van der Waals surface area contributed by atoms with E-state index < -0.39 is 0 Å². The number of likely N-dealkylation sites (tertiary alicyclic amines) is 1. The molecule has 94 valence electrons. The Balaban J connectivity index is 2.02. The smallest absolute Gasteiger partial charge is 0.126 e. The van der Waals surface area contributed by atoms with Crippen molar-refractivity contribution in [2.24, 2.45) is 5.73 Å². The van der Waals surface area contributed by atoms with Crippen molar-refractivity contribution in [3.63, 3.8) is 0 Å². The number of rotatable bonds is 3. The predicted octanol–water partition coefficient (Wildman–Crippen LogP) is 2.10. The highest BCUT2D eigenvalue weighted by Crippen LogP contribution is 2.30. The Kier molecular flexibility index (Phi) is 4.07. The van der Waals surface area contributed by atoms with Crippen LogP contribution in [0.25, 0.3) is 0 Å². The van der Waals surface area contributed by atoms with Gasteiger partial charge in [0, 0.05) is 13.1 Å². The van der Waals surface area contributed by atoms with Crippen molar-refractivity contribution in [2.75, 3.05) is 26.2 Å². The van der Waals surface area contributed by atoms with Gasteiger partial charge in [0.05, 0.1) is 0 Å². The highest BCUT2D eigenvalue weighted by molar-refractivity contribution is 5.23. The summed E-state index contributed by atoms with van der Waals surface area (Å²) in [7, 11) is 0. The van der Waals surface area contributed by atoms with Crippen molar-refractivity contribution < 1.29 is 8.78 Å². The minimum absolute atomic E-state index is 0.139. The molecule has 0 bridgehead atoms. The summed E-state index contributed by atoms with van der Waals surface area (Å²) in [6.07, 6.45) is 1.75. The van der Waals surface area contributed by atoms with Crippen LogP contribution in [0.3, 0.4) is 0 Å². The molecular formula is C13H18F2N2. The molecule has 1 aliphatic rings. The maximum atomic E-state index is 13.6. The zero-order chi connectivity index (χ0) is 12.3. The molecule has 0 spiro atoms. The van der Waals surface area contributed by atoms with E-state index in [0.29, 0.717) is 12.1 Å². The summed E-state index contributed by atoms with van der Waals surface area (Å²) in [4.78, 5) is 2.27. The first-order valence-electron chi connectivity index (χ1n) is 6.08. The van der Waals surface area contributed by atoms with E-state index in [9.17, 15) is 8.78 Å². The summed E-state index contributed by atoms with van der Waals surface area (Å²) >= 11 is 0. The molecule has 0 amide bonds. The number of hydrogen-bond donors (Lipinski definition) is 1. The van der Waals surface area contributed by atoms with Crippen molar-refractivity contribution in [3.05, 3.63) is 35.4 Å². The highest BCUT2D eigenvalue weighted by atomic mass is 19.1. The Morgan fingerprint density at radius 3 is 2.59 bits per heavy atom. The lowest BCUT2D eigenvalue weighted by Crippen LogP contribution is -2.36.